The molecular weight excluding hydrogens is 340 g/mol. The Morgan fingerprint density at radius 2 is 2.08 bits per heavy atom. The number of anilines is 1. The molecule has 7 nitrogen and oxygen atoms in total. The van der Waals surface area contributed by atoms with E-state index >= 15 is 0 Å². The van der Waals surface area contributed by atoms with Crippen LogP contribution in [0.3, 0.4) is 0 Å². The maximum Gasteiger partial charge on any atom is 0.315 e. The molecule has 138 valence electrons. The van der Waals surface area contributed by atoms with E-state index in [1.54, 1.807) is 0 Å². The molecule has 1 aromatic rings. The predicted molar refractivity (Wildman–Crippen MR) is 98.1 cm³/mol. The Morgan fingerprint density at radius 1 is 1.32 bits per heavy atom. The number of benzene rings is 1. The molecular formula is C17H26N4O3S. The molecule has 3 rings (SSSR count). The van der Waals surface area contributed by atoms with Crippen molar-refractivity contribution in [3.8, 4) is 0 Å². The average Bonchev–Trinajstić information content (AvgIpc) is 2.59. The molecule has 2 amide bonds. The van der Waals surface area contributed by atoms with E-state index in [1.165, 1.54) is 21.8 Å². The molecule has 0 bridgehead atoms. The lowest BCUT2D eigenvalue weighted by Gasteiger charge is -2.30. The zero-order chi connectivity index (χ0) is 17.9. The van der Waals surface area contributed by atoms with Gasteiger partial charge >= 0.3 is 6.03 Å². The van der Waals surface area contributed by atoms with Crippen LogP contribution in [0.25, 0.3) is 0 Å². The van der Waals surface area contributed by atoms with E-state index < -0.39 is 10.0 Å². The quantitative estimate of drug-likeness (QED) is 0.748. The van der Waals surface area contributed by atoms with Crippen molar-refractivity contribution in [2.45, 2.75) is 38.3 Å². The Bertz CT molecular complexity index is 727. The highest BCUT2D eigenvalue weighted by Crippen LogP contribution is 2.25. The van der Waals surface area contributed by atoms with Crippen molar-refractivity contribution < 1.29 is 13.2 Å². The lowest BCUT2D eigenvalue weighted by Crippen LogP contribution is -2.48. The topological polar surface area (TPSA) is 90.5 Å². The van der Waals surface area contributed by atoms with Crippen LogP contribution in [0.4, 0.5) is 10.5 Å². The Labute approximate surface area is 149 Å². The summed E-state index contributed by atoms with van der Waals surface area (Å²) in [5.41, 5.74) is 3.60. The fraction of sp³-hybridized carbons (Fsp3) is 0.588. The number of nitrogens with one attached hydrogen (secondary N) is 3. The third-order valence-corrected chi connectivity index (χ3v) is 6.19. The van der Waals surface area contributed by atoms with Gasteiger partial charge in [-0.25, -0.2) is 17.5 Å². The van der Waals surface area contributed by atoms with Crippen molar-refractivity contribution in [2.24, 2.45) is 0 Å². The number of urea groups is 1. The highest BCUT2D eigenvalue weighted by Gasteiger charge is 2.25. The summed E-state index contributed by atoms with van der Waals surface area (Å²) in [5, 5.41) is 9.27. The second-order valence-electron chi connectivity index (χ2n) is 6.74. The van der Waals surface area contributed by atoms with Gasteiger partial charge in [0.05, 0.1) is 6.26 Å². The number of rotatable bonds is 4. The van der Waals surface area contributed by atoms with Crippen molar-refractivity contribution in [1.82, 2.24) is 14.9 Å². The molecule has 1 fully saturated rings. The number of nitrogens with zero attached hydrogens (tertiary/aromatic N) is 1. The summed E-state index contributed by atoms with van der Waals surface area (Å²) in [6.07, 6.45) is 4.65. The molecule has 0 unspecified atom stereocenters. The number of hydrogen-bond donors (Lipinski definition) is 3. The van der Waals surface area contributed by atoms with Gasteiger partial charge in [0.15, 0.2) is 0 Å². The van der Waals surface area contributed by atoms with Crippen LogP contribution in [0.15, 0.2) is 18.2 Å². The molecule has 0 atom stereocenters. The second kappa shape index (κ2) is 7.61. The second-order valence-corrected chi connectivity index (χ2v) is 8.72. The van der Waals surface area contributed by atoms with Gasteiger partial charge in [-0.1, -0.05) is 12.1 Å². The van der Waals surface area contributed by atoms with Crippen LogP contribution in [0.1, 0.15) is 30.4 Å². The molecule has 0 spiro atoms. The molecule has 2 aliphatic heterocycles. The standard InChI is InChI=1S/C17H26N4O3S/c1-25(23,24)21-10-7-14(8-11-21)20-17(22)19-12-13-4-2-6-16-15(13)5-3-9-18-16/h2,4,6,14,18H,3,5,7-12H2,1H3,(H2,19,20,22). The minimum atomic E-state index is -3.13. The summed E-state index contributed by atoms with van der Waals surface area (Å²) in [7, 11) is -3.13. The van der Waals surface area contributed by atoms with Crippen LogP contribution >= 0.6 is 0 Å². The maximum atomic E-state index is 12.2. The molecule has 2 aliphatic rings. The zero-order valence-corrected chi connectivity index (χ0v) is 15.4. The highest BCUT2D eigenvalue weighted by molar-refractivity contribution is 7.88. The first-order valence-corrected chi connectivity index (χ1v) is 10.6. The summed E-state index contributed by atoms with van der Waals surface area (Å²) < 4.78 is 24.5. The Kier molecular flexibility index (Phi) is 5.48. The van der Waals surface area contributed by atoms with E-state index in [9.17, 15) is 13.2 Å². The lowest BCUT2D eigenvalue weighted by molar-refractivity contribution is 0.227. The molecule has 3 N–H and O–H groups in total. The molecule has 0 aromatic heterocycles. The first-order chi connectivity index (χ1) is 11.9. The minimum absolute atomic E-state index is 0.0179. The number of amides is 2. The van der Waals surface area contributed by atoms with Gasteiger partial charge in [-0.2, -0.15) is 0 Å². The Hall–Kier alpha value is -1.80. The van der Waals surface area contributed by atoms with E-state index in [0.29, 0.717) is 32.5 Å². The number of hydrogen-bond acceptors (Lipinski definition) is 4. The molecule has 0 saturated carbocycles. The van der Waals surface area contributed by atoms with Gasteiger partial charge in [0.1, 0.15) is 0 Å². The predicted octanol–water partition coefficient (Wildman–Crippen LogP) is 1.27. The fourth-order valence-corrected chi connectivity index (χ4v) is 4.37. The number of carbonyl (C=O) groups is 1. The largest absolute Gasteiger partial charge is 0.385 e. The smallest absolute Gasteiger partial charge is 0.315 e. The Balaban J connectivity index is 1.48. The van der Waals surface area contributed by atoms with Crippen LogP contribution in [0, 0.1) is 0 Å². The van der Waals surface area contributed by atoms with E-state index in [1.807, 2.05) is 6.07 Å². The number of fused-ring (bicyclic) bond motifs is 1. The van der Waals surface area contributed by atoms with Gasteiger partial charge in [-0.3, -0.25) is 0 Å². The van der Waals surface area contributed by atoms with Crippen molar-refractivity contribution >= 4 is 21.7 Å². The first-order valence-electron chi connectivity index (χ1n) is 8.77. The summed E-state index contributed by atoms with van der Waals surface area (Å²) in [6.45, 7) is 2.42. The van der Waals surface area contributed by atoms with Crippen molar-refractivity contribution in [3.63, 3.8) is 0 Å². The number of sulfonamides is 1. The maximum absolute atomic E-state index is 12.2. The SMILES string of the molecule is CS(=O)(=O)N1CCC(NC(=O)NCc2cccc3c2CCCN3)CC1. The van der Waals surface area contributed by atoms with Crippen molar-refractivity contribution in [1.29, 1.82) is 0 Å². The molecule has 0 aliphatic carbocycles. The fourth-order valence-electron chi connectivity index (χ4n) is 3.49. The molecule has 8 heteroatoms. The van der Waals surface area contributed by atoms with E-state index in [4.69, 9.17) is 0 Å². The van der Waals surface area contributed by atoms with Gasteiger partial charge in [0.2, 0.25) is 10.0 Å². The Morgan fingerprint density at radius 3 is 2.80 bits per heavy atom. The number of carbonyl (C=O) groups excluding carboxylic acids is 1. The normalized spacial score (nSPS) is 18.9. The summed E-state index contributed by atoms with van der Waals surface area (Å²) in [6, 6.07) is 5.96. The van der Waals surface area contributed by atoms with Gasteiger partial charge in [-0.05, 0) is 42.9 Å². The summed E-state index contributed by atoms with van der Waals surface area (Å²) in [5.74, 6) is 0. The first kappa shape index (κ1) is 18.0. The van der Waals surface area contributed by atoms with Crippen LogP contribution in [0.5, 0.6) is 0 Å². The van der Waals surface area contributed by atoms with Crippen LogP contribution in [-0.4, -0.2) is 50.7 Å². The van der Waals surface area contributed by atoms with E-state index in [-0.39, 0.29) is 12.1 Å². The van der Waals surface area contributed by atoms with Gasteiger partial charge in [0, 0.05) is 37.9 Å². The highest BCUT2D eigenvalue weighted by atomic mass is 32.2. The minimum Gasteiger partial charge on any atom is -0.385 e. The third kappa shape index (κ3) is 4.64. The van der Waals surface area contributed by atoms with Crippen molar-refractivity contribution in [3.05, 3.63) is 29.3 Å². The van der Waals surface area contributed by atoms with Crippen molar-refractivity contribution in [2.75, 3.05) is 31.2 Å². The summed E-state index contributed by atoms with van der Waals surface area (Å²) in [4.78, 5) is 12.2. The third-order valence-electron chi connectivity index (χ3n) is 4.89. The molecule has 1 aromatic carbocycles. The van der Waals surface area contributed by atoms with Crippen LogP contribution in [-0.2, 0) is 23.0 Å². The molecule has 25 heavy (non-hydrogen) atoms. The zero-order valence-electron chi connectivity index (χ0n) is 14.5. The summed E-state index contributed by atoms with van der Waals surface area (Å²) >= 11 is 0. The lowest BCUT2D eigenvalue weighted by atomic mass is 9.97. The van der Waals surface area contributed by atoms with Gasteiger partial charge in [0.25, 0.3) is 0 Å². The average molecular weight is 366 g/mol. The molecule has 2 heterocycles. The van der Waals surface area contributed by atoms with E-state index in [2.05, 4.69) is 28.1 Å². The number of piperidine rings is 1. The molecule has 0 radical (unpaired) electrons. The van der Waals surface area contributed by atoms with Gasteiger partial charge < -0.3 is 16.0 Å². The monoisotopic (exact) mass is 366 g/mol. The van der Waals surface area contributed by atoms with E-state index in [0.717, 1.165) is 24.9 Å². The van der Waals surface area contributed by atoms with Crippen LogP contribution in [0.2, 0.25) is 0 Å². The van der Waals surface area contributed by atoms with Crippen LogP contribution < -0.4 is 16.0 Å². The van der Waals surface area contributed by atoms with Gasteiger partial charge in [-0.15, -0.1) is 0 Å². The molecule has 1 saturated heterocycles.